The summed E-state index contributed by atoms with van der Waals surface area (Å²) in [6.45, 7) is 4.59. The highest BCUT2D eigenvalue weighted by Crippen LogP contribution is 2.37. The largest absolute Gasteiger partial charge is 0.480 e. The maximum absolute atomic E-state index is 14.7. The van der Waals surface area contributed by atoms with Gasteiger partial charge in [-0.1, -0.05) is 18.2 Å². The van der Waals surface area contributed by atoms with Gasteiger partial charge in [-0.3, -0.25) is 0 Å². The molecule has 3 atom stereocenters. The number of pyridine rings is 1. The second kappa shape index (κ2) is 10.2. The van der Waals surface area contributed by atoms with Crippen LogP contribution in [0.5, 0.6) is 5.88 Å². The van der Waals surface area contributed by atoms with Crippen LogP contribution in [-0.4, -0.2) is 61.8 Å². The summed E-state index contributed by atoms with van der Waals surface area (Å²) in [5.74, 6) is -0.183. The summed E-state index contributed by atoms with van der Waals surface area (Å²) in [5, 5.41) is 12.2. The highest BCUT2D eigenvalue weighted by molar-refractivity contribution is 5.93. The molecule has 0 radical (unpaired) electrons. The Morgan fingerprint density at radius 2 is 1.71 bits per heavy atom. The smallest absolute Gasteiger partial charge is 0.266 e. The number of fused-ring (bicyclic) bond motifs is 1. The topological polar surface area (TPSA) is 81.6 Å². The number of aryl methyl sites for hydroxylation is 1. The molecular formula is C24H28F3N5O3. The first-order valence-corrected chi connectivity index (χ1v) is 11.1. The van der Waals surface area contributed by atoms with Crippen LogP contribution >= 0.6 is 0 Å². The van der Waals surface area contributed by atoms with E-state index in [-0.39, 0.29) is 17.8 Å². The van der Waals surface area contributed by atoms with Gasteiger partial charge in [0.15, 0.2) is 5.82 Å². The molecule has 8 nitrogen and oxygen atoms in total. The summed E-state index contributed by atoms with van der Waals surface area (Å²) >= 11 is 0. The first-order valence-electron chi connectivity index (χ1n) is 11.1. The molecule has 0 bridgehead atoms. The monoisotopic (exact) mass is 491 g/mol. The zero-order chi connectivity index (χ0) is 25.3. The van der Waals surface area contributed by atoms with Crippen LogP contribution in [0.15, 0.2) is 24.3 Å². The van der Waals surface area contributed by atoms with Gasteiger partial charge in [-0.2, -0.15) is 5.10 Å². The highest BCUT2D eigenvalue weighted by Gasteiger charge is 2.35. The van der Waals surface area contributed by atoms with Crippen molar-refractivity contribution < 1.29 is 27.4 Å². The van der Waals surface area contributed by atoms with Gasteiger partial charge >= 0.3 is 0 Å². The predicted octanol–water partition coefficient (Wildman–Crippen LogP) is 4.44. The normalized spacial score (nSPS) is 18.9. The summed E-state index contributed by atoms with van der Waals surface area (Å²) in [6, 6.07) is 5.18. The maximum Gasteiger partial charge on any atom is 0.266 e. The molecule has 188 valence electrons. The van der Waals surface area contributed by atoms with Crippen molar-refractivity contribution in [3.05, 3.63) is 46.9 Å². The molecular weight excluding hydrogens is 463 g/mol. The van der Waals surface area contributed by atoms with Crippen molar-refractivity contribution in [1.82, 2.24) is 15.2 Å². The molecule has 0 unspecified atom stereocenters. The Labute approximate surface area is 201 Å². The number of rotatable bonds is 8. The summed E-state index contributed by atoms with van der Waals surface area (Å²) < 4.78 is 57.8. The van der Waals surface area contributed by atoms with Crippen LogP contribution in [0.1, 0.15) is 36.2 Å². The molecule has 0 amide bonds. The number of ether oxygens (including phenoxy) is 3. The minimum absolute atomic E-state index is 0.102. The number of alkyl halides is 2. The fourth-order valence-electron chi connectivity index (χ4n) is 4.40. The van der Waals surface area contributed by atoms with Crippen molar-refractivity contribution in [2.45, 2.75) is 38.5 Å². The molecule has 11 heteroatoms. The minimum Gasteiger partial charge on any atom is -0.480 e. The molecule has 3 aromatic rings. The van der Waals surface area contributed by atoms with E-state index in [1.165, 1.54) is 12.1 Å². The molecule has 1 N–H and O–H groups in total. The van der Waals surface area contributed by atoms with E-state index < -0.39 is 23.8 Å². The Bertz CT molecular complexity index is 1200. The first kappa shape index (κ1) is 24.9. The lowest BCUT2D eigenvalue weighted by atomic mass is 10.0. The number of nitrogens with one attached hydrogen (secondary N) is 1. The molecule has 3 heterocycles. The van der Waals surface area contributed by atoms with Gasteiger partial charge in [0.2, 0.25) is 5.88 Å². The van der Waals surface area contributed by atoms with Crippen molar-refractivity contribution in [2.75, 3.05) is 44.6 Å². The number of aromatic nitrogens is 3. The summed E-state index contributed by atoms with van der Waals surface area (Å²) in [5.41, 5.74) is 1.32. The van der Waals surface area contributed by atoms with Crippen LogP contribution in [-0.2, 0) is 9.47 Å². The third-order valence-corrected chi connectivity index (χ3v) is 6.33. The molecule has 0 aliphatic carbocycles. The minimum atomic E-state index is -2.91. The summed E-state index contributed by atoms with van der Waals surface area (Å²) in [6.07, 6.45) is -3.16. The van der Waals surface area contributed by atoms with Crippen LogP contribution in [0.3, 0.4) is 0 Å². The van der Waals surface area contributed by atoms with E-state index in [0.29, 0.717) is 41.4 Å². The van der Waals surface area contributed by atoms with Crippen molar-refractivity contribution in [3.63, 3.8) is 0 Å². The van der Waals surface area contributed by atoms with Gasteiger partial charge < -0.3 is 24.4 Å². The molecule has 35 heavy (non-hydrogen) atoms. The summed E-state index contributed by atoms with van der Waals surface area (Å²) in [7, 11) is 4.82. The number of anilines is 2. The van der Waals surface area contributed by atoms with Crippen molar-refractivity contribution in [1.29, 1.82) is 0 Å². The number of benzene rings is 1. The van der Waals surface area contributed by atoms with Crippen LogP contribution in [0.2, 0.25) is 0 Å². The van der Waals surface area contributed by atoms with Crippen LogP contribution in [0.25, 0.3) is 10.9 Å². The van der Waals surface area contributed by atoms with Gasteiger partial charge in [0, 0.05) is 38.3 Å². The fourth-order valence-corrected chi connectivity index (χ4v) is 4.40. The SMILES string of the molecule is COc1nc2c(C)nnc(N[C@H](C)c3cccc(C(F)F)c3F)c2cc1N1C[C@H](OC)[C@H](OC)C1. The Kier molecular flexibility index (Phi) is 7.27. The average Bonchev–Trinajstić information content (AvgIpc) is 3.28. The van der Waals surface area contributed by atoms with E-state index in [0.717, 1.165) is 11.8 Å². The van der Waals surface area contributed by atoms with Crippen LogP contribution < -0.4 is 15.0 Å². The van der Waals surface area contributed by atoms with Gasteiger partial charge in [0.25, 0.3) is 6.43 Å². The molecule has 2 aromatic heterocycles. The summed E-state index contributed by atoms with van der Waals surface area (Å²) in [4.78, 5) is 6.73. The highest BCUT2D eigenvalue weighted by atomic mass is 19.3. The molecule has 1 aromatic carbocycles. The van der Waals surface area contributed by atoms with Gasteiger partial charge in [-0.05, 0) is 19.9 Å². The van der Waals surface area contributed by atoms with E-state index in [2.05, 4.69) is 25.4 Å². The average molecular weight is 492 g/mol. The molecule has 0 spiro atoms. The number of hydrogen-bond donors (Lipinski definition) is 1. The zero-order valence-electron chi connectivity index (χ0n) is 20.2. The van der Waals surface area contributed by atoms with Gasteiger partial charge in [0.05, 0.1) is 24.4 Å². The Balaban J connectivity index is 1.75. The molecule has 1 saturated heterocycles. The number of hydrogen-bond acceptors (Lipinski definition) is 8. The zero-order valence-corrected chi connectivity index (χ0v) is 20.2. The Morgan fingerprint density at radius 1 is 1.06 bits per heavy atom. The molecule has 0 saturated carbocycles. The predicted molar refractivity (Wildman–Crippen MR) is 126 cm³/mol. The van der Waals surface area contributed by atoms with Gasteiger partial charge in [0.1, 0.15) is 29.2 Å². The third kappa shape index (κ3) is 4.70. The fraction of sp³-hybridized carbons (Fsp3) is 0.458. The lowest BCUT2D eigenvalue weighted by molar-refractivity contribution is -0.00461. The van der Waals surface area contributed by atoms with E-state index >= 15 is 0 Å². The first-order chi connectivity index (χ1) is 16.8. The van der Waals surface area contributed by atoms with Crippen molar-refractivity contribution in [2.24, 2.45) is 0 Å². The standard InChI is InChI=1S/C24H28F3N5O3/c1-12(14-7-6-8-15(20(14)25)22(26)27)28-23-16-9-17(32-10-18(33-3)19(11-32)34-4)24(35-5)29-21(16)13(2)30-31-23/h6-9,12,18-19,22H,10-11H2,1-5H3,(H,28,31)/t12-,18-,19+/m1/s1. The number of nitrogens with zero attached hydrogens (tertiary/aromatic N) is 4. The Hall–Kier alpha value is -3.18. The van der Waals surface area contributed by atoms with Crippen LogP contribution in [0, 0.1) is 12.7 Å². The van der Waals surface area contributed by atoms with Crippen molar-refractivity contribution in [3.8, 4) is 5.88 Å². The van der Waals surface area contributed by atoms with E-state index in [1.54, 1.807) is 35.2 Å². The second-order valence-corrected chi connectivity index (χ2v) is 8.42. The van der Waals surface area contributed by atoms with Gasteiger partial charge in [-0.25, -0.2) is 18.2 Å². The second-order valence-electron chi connectivity index (χ2n) is 8.42. The molecule has 1 fully saturated rings. The van der Waals surface area contributed by atoms with Crippen LogP contribution in [0.4, 0.5) is 24.7 Å². The van der Waals surface area contributed by atoms with E-state index in [4.69, 9.17) is 14.2 Å². The van der Waals surface area contributed by atoms with E-state index in [1.807, 2.05) is 6.07 Å². The maximum atomic E-state index is 14.7. The quantitative estimate of drug-likeness (QED) is 0.495. The number of halogens is 3. The van der Waals surface area contributed by atoms with Crippen molar-refractivity contribution >= 4 is 22.4 Å². The molecule has 1 aliphatic heterocycles. The van der Waals surface area contributed by atoms with Gasteiger partial charge in [-0.15, -0.1) is 5.10 Å². The lowest BCUT2D eigenvalue weighted by Crippen LogP contribution is -2.27. The Morgan fingerprint density at radius 3 is 2.31 bits per heavy atom. The molecule has 4 rings (SSSR count). The third-order valence-electron chi connectivity index (χ3n) is 6.33. The lowest BCUT2D eigenvalue weighted by Gasteiger charge is -2.22. The number of methoxy groups -OCH3 is 3. The van der Waals surface area contributed by atoms with E-state index in [9.17, 15) is 13.2 Å². The molecule has 1 aliphatic rings.